The molecule has 0 N–H and O–H groups in total. The van der Waals surface area contributed by atoms with Crippen LogP contribution in [0.2, 0.25) is 0 Å². The van der Waals surface area contributed by atoms with Crippen LogP contribution in [0.5, 0.6) is 11.5 Å². The highest BCUT2D eigenvalue weighted by Gasteiger charge is 2.12. The summed E-state index contributed by atoms with van der Waals surface area (Å²) >= 11 is 0. The summed E-state index contributed by atoms with van der Waals surface area (Å²) in [6.07, 6.45) is 1.15. The van der Waals surface area contributed by atoms with Gasteiger partial charge in [-0.3, -0.25) is 9.59 Å². The Kier molecular flexibility index (Phi) is 3.23. The number of methoxy groups -OCH3 is 2. The van der Waals surface area contributed by atoms with Crippen molar-refractivity contribution < 1.29 is 19.1 Å². The van der Waals surface area contributed by atoms with Crippen LogP contribution in [-0.4, -0.2) is 26.8 Å². The Balaban J connectivity index is 3.43. The van der Waals surface area contributed by atoms with E-state index in [9.17, 15) is 9.59 Å². The SMILES string of the molecule is COc1ccc(OC)c(C=O)c1C=O. The molecule has 0 aliphatic rings. The third-order valence-electron chi connectivity index (χ3n) is 1.88. The highest BCUT2D eigenvalue weighted by Crippen LogP contribution is 2.27. The van der Waals surface area contributed by atoms with Gasteiger partial charge in [0.15, 0.2) is 12.6 Å². The van der Waals surface area contributed by atoms with Crippen molar-refractivity contribution in [2.75, 3.05) is 14.2 Å². The number of aldehydes is 2. The van der Waals surface area contributed by atoms with Crippen LogP contribution in [0.25, 0.3) is 0 Å². The molecule has 0 heterocycles. The summed E-state index contributed by atoms with van der Waals surface area (Å²) in [5, 5.41) is 0. The topological polar surface area (TPSA) is 52.6 Å². The molecule has 0 unspecified atom stereocenters. The summed E-state index contributed by atoms with van der Waals surface area (Å²) < 4.78 is 9.87. The van der Waals surface area contributed by atoms with Gasteiger partial charge in [-0.25, -0.2) is 0 Å². The standard InChI is InChI=1S/C10H10O4/c1-13-9-3-4-10(14-2)8(6-12)7(9)5-11/h3-6H,1-2H3. The molecular weight excluding hydrogens is 184 g/mol. The van der Waals surface area contributed by atoms with Gasteiger partial charge < -0.3 is 9.47 Å². The molecular formula is C10H10O4. The van der Waals surface area contributed by atoms with E-state index >= 15 is 0 Å². The zero-order valence-electron chi connectivity index (χ0n) is 7.94. The molecule has 0 aliphatic heterocycles. The van der Waals surface area contributed by atoms with Crippen molar-refractivity contribution in [1.82, 2.24) is 0 Å². The van der Waals surface area contributed by atoms with Gasteiger partial charge >= 0.3 is 0 Å². The Hall–Kier alpha value is -1.84. The average Bonchev–Trinajstić information content (AvgIpc) is 2.26. The van der Waals surface area contributed by atoms with Crippen molar-refractivity contribution in [2.24, 2.45) is 0 Å². The quantitative estimate of drug-likeness (QED) is 0.678. The van der Waals surface area contributed by atoms with Crippen LogP contribution in [0.3, 0.4) is 0 Å². The highest BCUT2D eigenvalue weighted by atomic mass is 16.5. The van der Waals surface area contributed by atoms with E-state index in [0.717, 1.165) is 0 Å². The van der Waals surface area contributed by atoms with Gasteiger partial charge in [-0.1, -0.05) is 0 Å². The first kappa shape index (κ1) is 10.2. The highest BCUT2D eigenvalue weighted by molar-refractivity contribution is 5.95. The fourth-order valence-electron chi connectivity index (χ4n) is 1.20. The summed E-state index contributed by atoms with van der Waals surface area (Å²) in [4.78, 5) is 21.5. The summed E-state index contributed by atoms with van der Waals surface area (Å²) in [5.74, 6) is 0.728. The average molecular weight is 194 g/mol. The minimum atomic E-state index is 0.210. The van der Waals surface area contributed by atoms with E-state index in [0.29, 0.717) is 24.1 Å². The van der Waals surface area contributed by atoms with Gasteiger partial charge in [0.25, 0.3) is 0 Å². The molecule has 0 radical (unpaired) electrons. The molecule has 1 aromatic rings. The number of rotatable bonds is 4. The van der Waals surface area contributed by atoms with Crippen LogP contribution in [0.4, 0.5) is 0 Å². The van der Waals surface area contributed by atoms with Crippen molar-refractivity contribution in [3.8, 4) is 11.5 Å². The fourth-order valence-corrected chi connectivity index (χ4v) is 1.20. The summed E-state index contributed by atoms with van der Waals surface area (Å²) in [6, 6.07) is 3.16. The van der Waals surface area contributed by atoms with E-state index in [1.54, 1.807) is 12.1 Å². The second kappa shape index (κ2) is 4.41. The van der Waals surface area contributed by atoms with Crippen LogP contribution in [0.1, 0.15) is 20.7 Å². The molecule has 4 nitrogen and oxygen atoms in total. The number of benzene rings is 1. The predicted molar refractivity (Wildman–Crippen MR) is 50.3 cm³/mol. The van der Waals surface area contributed by atoms with Crippen molar-refractivity contribution in [2.45, 2.75) is 0 Å². The summed E-state index contributed by atoms with van der Waals surface area (Å²) in [6.45, 7) is 0. The Bertz CT molecular complexity index is 322. The lowest BCUT2D eigenvalue weighted by Gasteiger charge is -2.09. The van der Waals surface area contributed by atoms with Gasteiger partial charge in [-0.15, -0.1) is 0 Å². The first-order valence-electron chi connectivity index (χ1n) is 3.93. The molecule has 0 saturated carbocycles. The number of carbonyl (C=O) groups excluding carboxylic acids is 2. The number of carbonyl (C=O) groups is 2. The fraction of sp³-hybridized carbons (Fsp3) is 0.200. The third kappa shape index (κ3) is 1.59. The predicted octanol–water partition coefficient (Wildman–Crippen LogP) is 1.33. The van der Waals surface area contributed by atoms with Crippen LogP contribution in [0.15, 0.2) is 12.1 Å². The molecule has 1 rings (SSSR count). The van der Waals surface area contributed by atoms with E-state index < -0.39 is 0 Å². The molecule has 0 aromatic heterocycles. The summed E-state index contributed by atoms with van der Waals surface area (Å²) in [7, 11) is 2.87. The van der Waals surface area contributed by atoms with Crippen LogP contribution in [-0.2, 0) is 0 Å². The van der Waals surface area contributed by atoms with Crippen molar-refractivity contribution in [1.29, 1.82) is 0 Å². The maximum atomic E-state index is 10.7. The third-order valence-corrected chi connectivity index (χ3v) is 1.88. The zero-order chi connectivity index (χ0) is 10.6. The molecule has 0 spiro atoms. The lowest BCUT2D eigenvalue weighted by atomic mass is 10.1. The van der Waals surface area contributed by atoms with E-state index in [4.69, 9.17) is 9.47 Å². The molecule has 0 fully saturated rings. The number of hydrogen-bond acceptors (Lipinski definition) is 4. The molecule has 0 saturated heterocycles. The van der Waals surface area contributed by atoms with E-state index in [2.05, 4.69) is 0 Å². The Morgan fingerprint density at radius 3 is 1.50 bits per heavy atom. The molecule has 0 aliphatic carbocycles. The van der Waals surface area contributed by atoms with Crippen LogP contribution < -0.4 is 9.47 Å². The van der Waals surface area contributed by atoms with Crippen LogP contribution >= 0.6 is 0 Å². The Morgan fingerprint density at radius 1 is 0.929 bits per heavy atom. The maximum absolute atomic E-state index is 10.7. The lowest BCUT2D eigenvalue weighted by molar-refractivity contribution is 0.109. The van der Waals surface area contributed by atoms with E-state index in [1.165, 1.54) is 14.2 Å². The van der Waals surface area contributed by atoms with Gasteiger partial charge in [-0.2, -0.15) is 0 Å². The largest absolute Gasteiger partial charge is 0.496 e. The lowest BCUT2D eigenvalue weighted by Crippen LogP contribution is -1.99. The zero-order valence-corrected chi connectivity index (χ0v) is 7.94. The number of ether oxygens (including phenoxy) is 2. The van der Waals surface area contributed by atoms with Gasteiger partial charge in [0.1, 0.15) is 11.5 Å². The number of hydrogen-bond donors (Lipinski definition) is 0. The minimum Gasteiger partial charge on any atom is -0.496 e. The van der Waals surface area contributed by atoms with E-state index in [1.807, 2.05) is 0 Å². The molecule has 74 valence electrons. The van der Waals surface area contributed by atoms with Gasteiger partial charge in [0.05, 0.1) is 25.3 Å². The first-order chi connectivity index (χ1) is 6.78. The second-order valence-corrected chi connectivity index (χ2v) is 2.53. The van der Waals surface area contributed by atoms with Gasteiger partial charge in [0.2, 0.25) is 0 Å². The molecule has 1 aromatic carbocycles. The van der Waals surface area contributed by atoms with Gasteiger partial charge in [0, 0.05) is 0 Å². The minimum absolute atomic E-state index is 0.210. The van der Waals surface area contributed by atoms with Crippen molar-refractivity contribution in [3.05, 3.63) is 23.3 Å². The molecule has 0 amide bonds. The van der Waals surface area contributed by atoms with Gasteiger partial charge in [-0.05, 0) is 12.1 Å². The molecule has 0 atom stereocenters. The smallest absolute Gasteiger partial charge is 0.154 e. The summed E-state index contributed by atoms with van der Waals surface area (Å²) in [5.41, 5.74) is 0.420. The molecule has 14 heavy (non-hydrogen) atoms. The first-order valence-corrected chi connectivity index (χ1v) is 3.93. The maximum Gasteiger partial charge on any atom is 0.154 e. The Labute approximate surface area is 81.4 Å². The second-order valence-electron chi connectivity index (χ2n) is 2.53. The molecule has 4 heteroatoms. The Morgan fingerprint density at radius 2 is 1.29 bits per heavy atom. The van der Waals surface area contributed by atoms with Crippen molar-refractivity contribution in [3.63, 3.8) is 0 Å². The molecule has 0 bridgehead atoms. The normalized spacial score (nSPS) is 9.29. The van der Waals surface area contributed by atoms with Crippen molar-refractivity contribution >= 4 is 12.6 Å². The van der Waals surface area contributed by atoms with E-state index in [-0.39, 0.29) is 11.1 Å². The van der Waals surface area contributed by atoms with Crippen LogP contribution in [0, 0.1) is 0 Å². The monoisotopic (exact) mass is 194 g/mol.